The second kappa shape index (κ2) is 2.27. The molecule has 0 atom stereocenters. The first-order valence-corrected chi connectivity index (χ1v) is 2.07. The molecular weight excluding hydrogens is 132 g/mol. The van der Waals surface area contributed by atoms with Crippen molar-refractivity contribution >= 4 is 15.9 Å². The van der Waals surface area contributed by atoms with Gasteiger partial charge in [-0.3, -0.25) is 0 Å². The number of hydrogen-bond donors (Lipinski definition) is 1. The van der Waals surface area contributed by atoms with E-state index in [4.69, 9.17) is 5.11 Å². The largest absolute Gasteiger partial charge is 0.502 e. The van der Waals surface area contributed by atoms with Gasteiger partial charge in [-0.05, 0) is 28.9 Å². The smallest absolute Gasteiger partial charge is 0.154 e. The van der Waals surface area contributed by atoms with Crippen LogP contribution in [0.25, 0.3) is 0 Å². The van der Waals surface area contributed by atoms with E-state index in [1.807, 2.05) is 0 Å². The molecule has 0 saturated heterocycles. The summed E-state index contributed by atoms with van der Waals surface area (Å²) >= 11 is 2.79. The van der Waals surface area contributed by atoms with E-state index in [0.717, 1.165) is 0 Å². The van der Waals surface area contributed by atoms with Crippen molar-refractivity contribution in [2.45, 2.75) is 6.92 Å². The fourth-order valence-electron chi connectivity index (χ4n) is 0. The van der Waals surface area contributed by atoms with Crippen molar-refractivity contribution in [3.63, 3.8) is 0 Å². The molecule has 1 N–H and O–H groups in total. The van der Waals surface area contributed by atoms with E-state index in [2.05, 4.69) is 15.9 Å². The molecule has 0 saturated carbocycles. The molecule has 1 nitrogen and oxygen atoms in total. The average molecular weight is 137 g/mol. The maximum absolute atomic E-state index is 8.14. The quantitative estimate of drug-likeness (QED) is 0.504. The SMILES string of the molecule is C/C=C(/O)Br. The molecule has 0 aromatic heterocycles. The topological polar surface area (TPSA) is 20.2 Å². The summed E-state index contributed by atoms with van der Waals surface area (Å²) in [5, 5.41) is 8.14. The van der Waals surface area contributed by atoms with Crippen molar-refractivity contribution < 1.29 is 5.11 Å². The number of halogens is 1. The first-order valence-electron chi connectivity index (χ1n) is 1.28. The Balaban J connectivity index is 3.14. The third kappa shape index (κ3) is 4.02. The maximum Gasteiger partial charge on any atom is 0.154 e. The van der Waals surface area contributed by atoms with Gasteiger partial charge in [0, 0.05) is 0 Å². The molecule has 0 aliphatic rings. The molecule has 2 heteroatoms. The Hall–Kier alpha value is 0.0200. The van der Waals surface area contributed by atoms with E-state index in [1.54, 1.807) is 13.0 Å². The molecule has 0 radical (unpaired) electrons. The standard InChI is InChI=1S/C3H5BrO/c1-2-3(4)5/h2,5H,1H3/b3-2+. The Morgan fingerprint density at radius 2 is 2.20 bits per heavy atom. The fourth-order valence-corrected chi connectivity index (χ4v) is 0. The van der Waals surface area contributed by atoms with Crippen molar-refractivity contribution in [1.82, 2.24) is 0 Å². The van der Waals surface area contributed by atoms with E-state index < -0.39 is 0 Å². The monoisotopic (exact) mass is 136 g/mol. The minimum absolute atomic E-state index is 0.192. The van der Waals surface area contributed by atoms with Gasteiger partial charge in [0.1, 0.15) is 0 Å². The number of allylic oxidation sites excluding steroid dienone is 1. The lowest BCUT2D eigenvalue weighted by molar-refractivity contribution is 0.459. The summed E-state index contributed by atoms with van der Waals surface area (Å²) in [6.07, 6.45) is 1.56. The second-order valence-corrected chi connectivity index (χ2v) is 1.42. The normalized spacial score (nSPS) is 12.0. The minimum Gasteiger partial charge on any atom is -0.502 e. The predicted molar refractivity (Wildman–Crippen MR) is 25.3 cm³/mol. The van der Waals surface area contributed by atoms with Crippen LogP contribution >= 0.6 is 15.9 Å². The first kappa shape index (κ1) is 5.02. The summed E-state index contributed by atoms with van der Waals surface area (Å²) in [6.45, 7) is 1.74. The number of aliphatic hydroxyl groups excluding tert-OH is 1. The van der Waals surface area contributed by atoms with Crippen LogP contribution in [0, 0.1) is 0 Å². The number of rotatable bonds is 0. The van der Waals surface area contributed by atoms with Gasteiger partial charge in [-0.15, -0.1) is 0 Å². The zero-order valence-corrected chi connectivity index (χ0v) is 4.49. The Morgan fingerprint density at radius 1 is 2.00 bits per heavy atom. The highest BCUT2D eigenvalue weighted by molar-refractivity contribution is 9.11. The lowest BCUT2D eigenvalue weighted by Gasteiger charge is -1.72. The molecule has 30 valence electrons. The molecule has 0 aromatic carbocycles. The van der Waals surface area contributed by atoms with E-state index in [9.17, 15) is 0 Å². The van der Waals surface area contributed by atoms with Crippen molar-refractivity contribution in [2.24, 2.45) is 0 Å². The second-order valence-electron chi connectivity index (χ2n) is 0.611. The molecule has 0 rings (SSSR count). The van der Waals surface area contributed by atoms with Crippen molar-refractivity contribution in [1.29, 1.82) is 0 Å². The average Bonchev–Trinajstić information content (AvgIpc) is 1.38. The summed E-state index contributed by atoms with van der Waals surface area (Å²) < 4.78 is 0.192. The molecule has 0 aliphatic carbocycles. The van der Waals surface area contributed by atoms with Gasteiger partial charge in [-0.1, -0.05) is 0 Å². The van der Waals surface area contributed by atoms with Crippen LogP contribution in [0.4, 0.5) is 0 Å². The van der Waals surface area contributed by atoms with Gasteiger partial charge in [0.2, 0.25) is 0 Å². The van der Waals surface area contributed by atoms with Gasteiger partial charge in [0.25, 0.3) is 0 Å². The maximum atomic E-state index is 8.14. The summed E-state index contributed by atoms with van der Waals surface area (Å²) in [5.41, 5.74) is 0. The lowest BCUT2D eigenvalue weighted by Crippen LogP contribution is -1.53. The van der Waals surface area contributed by atoms with Crippen LogP contribution in [-0.4, -0.2) is 5.11 Å². The third-order valence-electron chi connectivity index (χ3n) is 0.238. The highest BCUT2D eigenvalue weighted by Gasteiger charge is 1.66. The van der Waals surface area contributed by atoms with Gasteiger partial charge in [-0.2, -0.15) is 0 Å². The number of aliphatic hydroxyl groups is 1. The molecule has 0 aliphatic heterocycles. The third-order valence-corrected chi connectivity index (χ3v) is 0.696. The van der Waals surface area contributed by atoms with Gasteiger partial charge < -0.3 is 5.11 Å². The van der Waals surface area contributed by atoms with Crippen molar-refractivity contribution in [2.75, 3.05) is 0 Å². The van der Waals surface area contributed by atoms with Crippen LogP contribution in [0.3, 0.4) is 0 Å². The van der Waals surface area contributed by atoms with E-state index in [1.165, 1.54) is 0 Å². The molecule has 0 bridgehead atoms. The zero-order chi connectivity index (χ0) is 4.28. The summed E-state index contributed by atoms with van der Waals surface area (Å²) in [5.74, 6) is 0. The molecule has 0 unspecified atom stereocenters. The Labute approximate surface area is 39.4 Å². The van der Waals surface area contributed by atoms with Crippen LogP contribution in [0.1, 0.15) is 6.92 Å². The van der Waals surface area contributed by atoms with Crippen molar-refractivity contribution in [3.05, 3.63) is 10.7 Å². The molecule has 0 aromatic rings. The summed E-state index contributed by atoms with van der Waals surface area (Å²) in [7, 11) is 0. The van der Waals surface area contributed by atoms with Crippen molar-refractivity contribution in [3.8, 4) is 0 Å². The Morgan fingerprint density at radius 3 is 2.20 bits per heavy atom. The summed E-state index contributed by atoms with van der Waals surface area (Å²) in [4.78, 5) is 0. The summed E-state index contributed by atoms with van der Waals surface area (Å²) in [6, 6.07) is 0. The Kier molecular flexibility index (Phi) is 2.28. The molecule has 5 heavy (non-hydrogen) atoms. The van der Waals surface area contributed by atoms with Crippen LogP contribution in [0.5, 0.6) is 0 Å². The van der Waals surface area contributed by atoms with Gasteiger partial charge in [-0.25, -0.2) is 0 Å². The first-order chi connectivity index (χ1) is 2.27. The van der Waals surface area contributed by atoms with Gasteiger partial charge in [0.15, 0.2) is 4.67 Å². The fraction of sp³-hybridized carbons (Fsp3) is 0.333. The van der Waals surface area contributed by atoms with Crippen LogP contribution in [0.15, 0.2) is 10.7 Å². The lowest BCUT2D eigenvalue weighted by atomic mass is 10.7. The molecule has 0 spiro atoms. The van der Waals surface area contributed by atoms with Crippen LogP contribution < -0.4 is 0 Å². The van der Waals surface area contributed by atoms with E-state index in [-0.39, 0.29) is 4.67 Å². The van der Waals surface area contributed by atoms with Gasteiger partial charge in [0.05, 0.1) is 0 Å². The highest BCUT2D eigenvalue weighted by Crippen LogP contribution is 1.94. The molecule has 0 amide bonds. The predicted octanol–water partition coefficient (Wildman–Crippen LogP) is 1.80. The number of hydrogen-bond acceptors (Lipinski definition) is 1. The highest BCUT2D eigenvalue weighted by atomic mass is 79.9. The molecular formula is C3H5BrO. The zero-order valence-electron chi connectivity index (χ0n) is 2.90. The molecule has 0 fully saturated rings. The van der Waals surface area contributed by atoms with E-state index >= 15 is 0 Å². The molecule has 0 heterocycles. The van der Waals surface area contributed by atoms with Crippen LogP contribution in [-0.2, 0) is 0 Å². The Bertz CT molecular complexity index is 44.9. The van der Waals surface area contributed by atoms with E-state index in [0.29, 0.717) is 0 Å². The van der Waals surface area contributed by atoms with Crippen LogP contribution in [0.2, 0.25) is 0 Å². The minimum atomic E-state index is 0.192. The van der Waals surface area contributed by atoms with Gasteiger partial charge >= 0.3 is 0 Å².